The average Bonchev–Trinajstić information content (AvgIpc) is 3.51. The van der Waals surface area contributed by atoms with Crippen molar-refractivity contribution in [2.75, 3.05) is 32.8 Å². The van der Waals surface area contributed by atoms with Gasteiger partial charge in [-0.2, -0.15) is 4.98 Å². The van der Waals surface area contributed by atoms with Gasteiger partial charge in [0.25, 0.3) is 5.15 Å². The Labute approximate surface area is 226 Å². The van der Waals surface area contributed by atoms with Crippen LogP contribution >= 0.6 is 11.6 Å². The lowest BCUT2D eigenvalue weighted by molar-refractivity contribution is -0.636. The number of nitrogens with one attached hydrogen (secondary N) is 1. The summed E-state index contributed by atoms with van der Waals surface area (Å²) in [5, 5.41) is 3.07. The van der Waals surface area contributed by atoms with E-state index in [1.54, 1.807) is 0 Å². The molecule has 1 aromatic heterocycles. The number of rotatable bonds is 6. The minimum absolute atomic E-state index is 0.129. The molecule has 3 heterocycles. The van der Waals surface area contributed by atoms with Crippen LogP contribution in [0.1, 0.15) is 108 Å². The predicted molar refractivity (Wildman–Crippen MR) is 151 cm³/mol. The zero-order chi connectivity index (χ0) is 27.0. The molecule has 2 saturated heterocycles. The maximum absolute atomic E-state index is 10.1. The van der Waals surface area contributed by atoms with Crippen LogP contribution in [0.25, 0.3) is 0 Å². The van der Waals surface area contributed by atoms with E-state index < -0.39 is 0 Å². The summed E-state index contributed by atoms with van der Waals surface area (Å²) in [5.74, 6) is 0.628. The quantitative estimate of drug-likeness (QED) is 0.320. The number of nitrogens with two attached hydrogens (primary N) is 1. The molecule has 0 spiro atoms. The van der Waals surface area contributed by atoms with Crippen molar-refractivity contribution >= 4 is 18.0 Å². The highest BCUT2D eigenvalue weighted by atomic mass is 35.5. The Kier molecular flexibility index (Phi) is 22.0. The van der Waals surface area contributed by atoms with Gasteiger partial charge in [-0.15, -0.1) is 25.7 Å². The molecule has 3 N–H and O–H groups in total. The molecule has 1 unspecified atom stereocenters. The van der Waals surface area contributed by atoms with Crippen LogP contribution in [0.15, 0.2) is 12.1 Å². The lowest BCUT2D eigenvalue weighted by Gasteiger charge is -2.21. The number of carbonyl (C=O) groups is 1. The van der Waals surface area contributed by atoms with Gasteiger partial charge >= 0.3 is 0 Å². The van der Waals surface area contributed by atoms with Crippen LogP contribution < -0.4 is 10.3 Å². The van der Waals surface area contributed by atoms with E-state index in [2.05, 4.69) is 49.0 Å². The highest BCUT2D eigenvalue weighted by Gasteiger charge is 2.30. The van der Waals surface area contributed by atoms with Gasteiger partial charge in [-0.05, 0) is 50.3 Å². The van der Waals surface area contributed by atoms with Crippen molar-refractivity contribution in [1.82, 2.24) is 4.90 Å². The molecule has 3 aliphatic rings. The van der Waals surface area contributed by atoms with E-state index in [-0.39, 0.29) is 6.10 Å². The van der Waals surface area contributed by atoms with Crippen LogP contribution in [0.3, 0.4) is 0 Å². The minimum atomic E-state index is 0.129. The van der Waals surface area contributed by atoms with Crippen molar-refractivity contribution < 1.29 is 19.8 Å². The molecule has 36 heavy (non-hydrogen) atoms. The number of H-pyrrole nitrogens is 1. The second kappa shape index (κ2) is 23.4. The fourth-order valence-corrected chi connectivity index (χ4v) is 5.01. The van der Waals surface area contributed by atoms with Crippen molar-refractivity contribution in [2.45, 2.75) is 96.5 Å². The van der Waals surface area contributed by atoms with E-state index in [4.69, 9.17) is 16.3 Å². The Morgan fingerprint density at radius 1 is 1.03 bits per heavy atom. The third-order valence-electron chi connectivity index (χ3n) is 6.68. The summed E-state index contributed by atoms with van der Waals surface area (Å²) >= 11 is 6.11. The Hall–Kier alpha value is -2.05. The van der Waals surface area contributed by atoms with Gasteiger partial charge in [0, 0.05) is 43.7 Å². The lowest BCUT2D eigenvalue weighted by Crippen LogP contribution is -2.81. The highest BCUT2D eigenvalue weighted by Crippen LogP contribution is 2.29. The number of quaternary nitrogens is 1. The second-order valence-electron chi connectivity index (χ2n) is 9.15. The molecule has 0 aromatic carbocycles. The van der Waals surface area contributed by atoms with Crippen molar-refractivity contribution in [2.24, 2.45) is 0 Å². The Morgan fingerprint density at radius 3 is 2.00 bits per heavy atom. The number of amides is 1. The van der Waals surface area contributed by atoms with Gasteiger partial charge in [0.1, 0.15) is 6.10 Å². The molecule has 202 valence electrons. The van der Waals surface area contributed by atoms with E-state index in [9.17, 15) is 4.79 Å². The van der Waals surface area contributed by atoms with Crippen molar-refractivity contribution in [1.29, 1.82) is 0 Å². The molecule has 6 heteroatoms. The number of nitrogens with zero attached hydrogens (tertiary/aromatic N) is 1. The summed E-state index contributed by atoms with van der Waals surface area (Å²) in [5.41, 5.74) is 2.56. The lowest BCUT2D eigenvalue weighted by atomic mass is 9.94. The third kappa shape index (κ3) is 13.9. The number of piperidine rings is 1. The molecular formula is C30H50ClN3O2+2. The Bertz CT molecular complexity index is 689. The second-order valence-corrected chi connectivity index (χ2v) is 9.56. The summed E-state index contributed by atoms with van der Waals surface area (Å²) in [6.45, 7) is 9.27. The molecule has 1 aliphatic carbocycles. The van der Waals surface area contributed by atoms with Crippen molar-refractivity contribution in [3.63, 3.8) is 0 Å². The molecule has 1 aromatic rings. The van der Waals surface area contributed by atoms with Gasteiger partial charge in [0.2, 0.25) is 12.1 Å². The SMILES string of the molecule is C#C.C#C.C1CCCCC1.CCOC(CC)c1[nH+]c(Cl)ccc1[C@H]1CC[NH2+]C1.O=CN1CCCCC1. The highest BCUT2D eigenvalue weighted by molar-refractivity contribution is 6.28. The zero-order valence-corrected chi connectivity index (χ0v) is 23.5. The number of terminal acetylenes is 2. The number of aromatic nitrogens is 1. The van der Waals surface area contributed by atoms with E-state index in [1.165, 1.54) is 88.6 Å². The van der Waals surface area contributed by atoms with Gasteiger partial charge in [0.15, 0.2) is 0 Å². The van der Waals surface area contributed by atoms with Gasteiger partial charge in [-0.25, -0.2) is 0 Å². The number of ether oxygens (including phenoxy) is 1. The van der Waals surface area contributed by atoms with E-state index in [0.29, 0.717) is 11.1 Å². The molecule has 2 atom stereocenters. The van der Waals surface area contributed by atoms with Crippen LogP contribution in [0, 0.1) is 25.7 Å². The maximum Gasteiger partial charge on any atom is 0.273 e. The van der Waals surface area contributed by atoms with Crippen molar-refractivity contribution in [3.05, 3.63) is 28.5 Å². The molecular weight excluding hydrogens is 470 g/mol. The smallest absolute Gasteiger partial charge is 0.273 e. The maximum atomic E-state index is 10.1. The number of carbonyl (C=O) groups excluding carboxylic acids is 1. The minimum Gasteiger partial charge on any atom is -0.367 e. The average molecular weight is 520 g/mol. The van der Waals surface area contributed by atoms with Crippen LogP contribution in [-0.4, -0.2) is 44.1 Å². The summed E-state index contributed by atoms with van der Waals surface area (Å²) in [7, 11) is 0. The van der Waals surface area contributed by atoms with E-state index in [1.807, 2.05) is 17.9 Å². The molecule has 0 bridgehead atoms. The molecule has 2 aliphatic heterocycles. The number of hydrogen-bond donors (Lipinski definition) is 1. The van der Waals surface area contributed by atoms with Gasteiger partial charge in [-0.1, -0.05) is 45.4 Å². The van der Waals surface area contributed by atoms with E-state index >= 15 is 0 Å². The van der Waals surface area contributed by atoms with Crippen LogP contribution in [0.2, 0.25) is 5.15 Å². The Balaban J connectivity index is 0.000000560. The first kappa shape index (κ1) is 34.0. The van der Waals surface area contributed by atoms with Crippen molar-refractivity contribution in [3.8, 4) is 25.7 Å². The van der Waals surface area contributed by atoms with Crippen LogP contribution in [0.5, 0.6) is 0 Å². The number of pyridine rings is 1. The predicted octanol–water partition coefficient (Wildman–Crippen LogP) is 5.16. The summed E-state index contributed by atoms with van der Waals surface area (Å²) in [4.78, 5) is 15.2. The van der Waals surface area contributed by atoms with E-state index in [0.717, 1.165) is 32.5 Å². The van der Waals surface area contributed by atoms with Gasteiger partial charge < -0.3 is 15.0 Å². The fraction of sp³-hybridized carbons (Fsp3) is 0.667. The molecule has 5 nitrogen and oxygen atoms in total. The number of halogens is 1. The van der Waals surface area contributed by atoms with Gasteiger partial charge in [0.05, 0.1) is 13.1 Å². The molecule has 0 radical (unpaired) electrons. The number of hydrogen-bond acceptors (Lipinski definition) is 2. The summed E-state index contributed by atoms with van der Waals surface area (Å²) in [6.07, 6.45) is 32.0. The first-order valence-corrected chi connectivity index (χ1v) is 14.1. The third-order valence-corrected chi connectivity index (χ3v) is 6.91. The Morgan fingerprint density at radius 2 is 1.58 bits per heavy atom. The fourth-order valence-electron chi connectivity index (χ4n) is 4.85. The van der Waals surface area contributed by atoms with Crippen LogP contribution in [0.4, 0.5) is 0 Å². The first-order valence-electron chi connectivity index (χ1n) is 13.7. The molecule has 4 rings (SSSR count). The topological polar surface area (TPSA) is 60.3 Å². The standard InChI is InChI=1S/C14H21ClN2O.C6H11NO.C6H12.2C2H2/c1-3-12(18-4-2)14-11(5-6-13(15)17-14)10-7-8-16-9-10;8-6-7-4-2-1-3-5-7;1-2-4-6-5-3-1;2*1-2/h5-6,10,12,16H,3-4,7-9H2,1-2H3;6H,1-5H2;1-6H2;2*1-2H/p+2/t10-,12?;;;;/m0..../s1. The summed E-state index contributed by atoms with van der Waals surface area (Å²) < 4.78 is 5.83. The monoisotopic (exact) mass is 519 g/mol. The number of likely N-dealkylation sites (tertiary alicyclic amines) is 1. The first-order chi connectivity index (χ1) is 17.7. The normalized spacial score (nSPS) is 19.3. The van der Waals surface area contributed by atoms with Crippen LogP contribution in [-0.2, 0) is 9.53 Å². The summed E-state index contributed by atoms with van der Waals surface area (Å²) in [6, 6.07) is 4.12. The largest absolute Gasteiger partial charge is 0.367 e. The number of aromatic amines is 1. The molecule has 1 saturated carbocycles. The zero-order valence-electron chi connectivity index (χ0n) is 22.7. The molecule has 3 fully saturated rings. The molecule has 1 amide bonds. The van der Waals surface area contributed by atoms with Gasteiger partial charge in [-0.3, -0.25) is 4.79 Å².